The number of fused-ring (bicyclic) bond motifs is 1. The molecule has 1 saturated heterocycles. The molecule has 1 saturated carbocycles. The molecule has 1 unspecified atom stereocenters. The molecule has 1 aliphatic heterocycles. The molecule has 2 fully saturated rings. The highest BCUT2D eigenvalue weighted by Gasteiger charge is 2.38. The van der Waals surface area contributed by atoms with Crippen LogP contribution in [0.5, 0.6) is 5.75 Å². The van der Waals surface area contributed by atoms with Crippen molar-refractivity contribution in [2.45, 2.75) is 89.2 Å². The summed E-state index contributed by atoms with van der Waals surface area (Å²) in [6, 6.07) is 12.0. The van der Waals surface area contributed by atoms with Crippen LogP contribution in [0.3, 0.4) is 0 Å². The Morgan fingerprint density at radius 3 is 2.47 bits per heavy atom. The molecule has 1 aromatic carbocycles. The Hall–Kier alpha value is -4.32. The largest absolute Gasteiger partial charge is 0.497 e. The molecule has 3 amide bonds. The van der Waals surface area contributed by atoms with Gasteiger partial charge in [-0.2, -0.15) is 0 Å². The van der Waals surface area contributed by atoms with Crippen LogP contribution in [-0.2, 0) is 14.3 Å². The predicted molar refractivity (Wildman–Crippen MR) is 187 cm³/mol. The van der Waals surface area contributed by atoms with Crippen molar-refractivity contribution in [3.05, 3.63) is 71.5 Å². The first-order chi connectivity index (χ1) is 22.3. The third kappa shape index (κ3) is 11.5. The maximum Gasteiger partial charge on any atom is 0.410 e. The van der Waals surface area contributed by atoms with Crippen molar-refractivity contribution in [1.29, 1.82) is 0 Å². The third-order valence-corrected chi connectivity index (χ3v) is 8.60. The Bertz CT molecular complexity index is 1570. The number of hydrogen-bond acceptors (Lipinski definition) is 8. The molecule has 2 aliphatic rings. The van der Waals surface area contributed by atoms with Crippen molar-refractivity contribution in [2.24, 2.45) is 0 Å². The van der Waals surface area contributed by atoms with Gasteiger partial charge in [-0.15, -0.1) is 6.58 Å². The Morgan fingerprint density at radius 1 is 1.15 bits per heavy atom. The molecule has 254 valence electrons. The van der Waals surface area contributed by atoms with Gasteiger partial charge in [0.1, 0.15) is 17.4 Å². The lowest BCUT2D eigenvalue weighted by atomic mass is 9.98. The summed E-state index contributed by atoms with van der Waals surface area (Å²) in [4.78, 5) is 55.3. The van der Waals surface area contributed by atoms with Crippen molar-refractivity contribution < 1.29 is 23.9 Å². The number of nitrogens with zero attached hydrogens (tertiary/aromatic N) is 2. The van der Waals surface area contributed by atoms with Crippen LogP contribution in [0.15, 0.2) is 66.1 Å². The van der Waals surface area contributed by atoms with E-state index in [1.807, 2.05) is 58.9 Å². The number of carbonyl (C=O) groups is 3. The summed E-state index contributed by atoms with van der Waals surface area (Å²) in [7, 11) is 1.60. The number of methoxy groups -OCH3 is 1. The molecule has 3 aromatic rings. The van der Waals surface area contributed by atoms with Gasteiger partial charge in [-0.05, 0) is 96.0 Å². The highest BCUT2D eigenvalue weighted by atomic mass is 32.2. The fourth-order valence-corrected chi connectivity index (χ4v) is 5.18. The number of hydrogen-bond donors (Lipinski definition) is 3. The molecule has 0 spiro atoms. The lowest BCUT2D eigenvalue weighted by Crippen LogP contribution is -2.53. The molecule has 2 atom stereocenters. The molecule has 5 rings (SSSR count). The maximum absolute atomic E-state index is 12.5. The molecule has 0 bridgehead atoms. The molecular formula is C35H47N5O6S. The molecule has 47 heavy (non-hydrogen) atoms. The zero-order valence-corrected chi connectivity index (χ0v) is 28.9. The SMILES string of the molecule is C=C[C@@](C)(CC)NC(=O)C1CCCN1C(=O)OC(C)(C)C.COc1ccc2c(=O)cc(-c3ccccn3)[nH]c2c1.O=CNSC1CC1. The number of aromatic amines is 1. The van der Waals surface area contributed by atoms with E-state index in [0.29, 0.717) is 29.8 Å². The van der Waals surface area contributed by atoms with Crippen molar-refractivity contribution >= 4 is 41.3 Å². The van der Waals surface area contributed by atoms with E-state index in [0.717, 1.165) is 35.7 Å². The van der Waals surface area contributed by atoms with E-state index in [2.05, 4.69) is 26.6 Å². The molecule has 12 heteroatoms. The number of pyridine rings is 2. The van der Waals surface area contributed by atoms with Gasteiger partial charge in [0.25, 0.3) is 0 Å². The minimum absolute atomic E-state index is 0.0305. The molecule has 0 radical (unpaired) electrons. The van der Waals surface area contributed by atoms with Gasteiger partial charge < -0.3 is 24.5 Å². The predicted octanol–water partition coefficient (Wildman–Crippen LogP) is 6.00. The fourth-order valence-electron chi connectivity index (χ4n) is 4.56. The summed E-state index contributed by atoms with van der Waals surface area (Å²) in [5, 5.41) is 4.34. The average Bonchev–Trinajstić information content (AvgIpc) is 3.75. The number of amides is 3. The van der Waals surface area contributed by atoms with Crippen LogP contribution in [0, 0.1) is 0 Å². The van der Waals surface area contributed by atoms with Gasteiger partial charge in [0, 0.05) is 35.5 Å². The highest BCUT2D eigenvalue weighted by molar-refractivity contribution is 7.98. The number of benzene rings is 1. The van der Waals surface area contributed by atoms with E-state index in [9.17, 15) is 19.2 Å². The van der Waals surface area contributed by atoms with Crippen LogP contribution in [0.1, 0.15) is 66.7 Å². The molecule has 3 N–H and O–H groups in total. The standard InChI is InChI=1S/C16H28N2O3.C15H12N2O2.C4H7NOS/c1-7-16(6,8-2)17-13(19)12-10-9-11-18(12)14(20)21-15(3,4)5;1-19-10-5-6-11-13(8-10)17-14(9-15(11)18)12-4-2-3-7-16-12;6-3-5-7-4-1-2-4/h7,12H,1,8-11H2,2-6H3,(H,17,19);2-9H,1H3,(H,17,18);3-4H,1-2H2,(H,5,6)/t12?,16-;;/m0../s1. The summed E-state index contributed by atoms with van der Waals surface area (Å²) >= 11 is 1.52. The van der Waals surface area contributed by atoms with Crippen LogP contribution in [0.4, 0.5) is 4.79 Å². The first kappa shape index (κ1) is 37.1. The number of likely N-dealkylation sites (tertiary alicyclic amines) is 1. The minimum atomic E-state index is -0.556. The van der Waals surface area contributed by atoms with E-state index in [4.69, 9.17) is 9.47 Å². The summed E-state index contributed by atoms with van der Waals surface area (Å²) < 4.78 is 13.1. The lowest BCUT2D eigenvalue weighted by molar-refractivity contribution is -0.126. The zero-order valence-electron chi connectivity index (χ0n) is 28.1. The van der Waals surface area contributed by atoms with E-state index < -0.39 is 23.3 Å². The molecular weight excluding hydrogens is 618 g/mol. The first-order valence-electron chi connectivity index (χ1n) is 15.8. The molecule has 2 aromatic heterocycles. The number of nitrogens with one attached hydrogen (secondary N) is 3. The smallest absolute Gasteiger partial charge is 0.410 e. The summed E-state index contributed by atoms with van der Waals surface area (Å²) in [6.07, 6.45) is 8.51. The number of ether oxygens (including phenoxy) is 2. The summed E-state index contributed by atoms with van der Waals surface area (Å²) in [6.45, 7) is 13.7. The maximum atomic E-state index is 12.5. The minimum Gasteiger partial charge on any atom is -0.497 e. The second kappa shape index (κ2) is 17.0. The lowest BCUT2D eigenvalue weighted by Gasteiger charge is -2.31. The molecule has 3 heterocycles. The quantitative estimate of drug-likeness (QED) is 0.144. The van der Waals surface area contributed by atoms with Crippen LogP contribution in [0.2, 0.25) is 0 Å². The molecule has 1 aliphatic carbocycles. The highest BCUT2D eigenvalue weighted by Crippen LogP contribution is 2.31. The molecule has 11 nitrogen and oxygen atoms in total. The first-order valence-corrected chi connectivity index (χ1v) is 16.6. The van der Waals surface area contributed by atoms with Gasteiger partial charge in [0.2, 0.25) is 12.3 Å². The number of rotatable bonds is 9. The van der Waals surface area contributed by atoms with Gasteiger partial charge in [-0.1, -0.05) is 19.1 Å². The van der Waals surface area contributed by atoms with Crippen molar-refractivity contribution in [2.75, 3.05) is 13.7 Å². The van der Waals surface area contributed by atoms with Crippen LogP contribution < -0.4 is 20.2 Å². The third-order valence-electron chi connectivity index (χ3n) is 7.56. The fraction of sp³-hybridized carbons (Fsp3) is 0.457. The van der Waals surface area contributed by atoms with E-state index in [1.54, 1.807) is 37.6 Å². The Morgan fingerprint density at radius 2 is 1.89 bits per heavy atom. The van der Waals surface area contributed by atoms with Crippen LogP contribution >= 0.6 is 11.9 Å². The van der Waals surface area contributed by atoms with Crippen molar-refractivity contribution in [1.82, 2.24) is 24.9 Å². The van der Waals surface area contributed by atoms with Crippen molar-refractivity contribution in [3.63, 3.8) is 0 Å². The zero-order chi connectivity index (χ0) is 34.6. The van der Waals surface area contributed by atoms with Gasteiger partial charge in [-0.3, -0.25) is 24.3 Å². The van der Waals surface area contributed by atoms with Crippen molar-refractivity contribution in [3.8, 4) is 17.1 Å². The normalized spacial score (nSPS) is 16.7. The van der Waals surface area contributed by atoms with Gasteiger partial charge in [0.15, 0.2) is 5.43 Å². The average molecular weight is 666 g/mol. The van der Waals surface area contributed by atoms with E-state index >= 15 is 0 Å². The Kier molecular flexibility index (Phi) is 13.4. The van der Waals surface area contributed by atoms with Crippen LogP contribution in [-0.4, -0.2) is 69.4 Å². The summed E-state index contributed by atoms with van der Waals surface area (Å²) in [5.74, 6) is 0.573. The second-order valence-electron chi connectivity index (χ2n) is 12.5. The van der Waals surface area contributed by atoms with Gasteiger partial charge in [0.05, 0.1) is 29.6 Å². The topological polar surface area (TPSA) is 143 Å². The Labute approximate surface area is 281 Å². The Balaban J connectivity index is 0.000000212. The summed E-state index contributed by atoms with van der Waals surface area (Å²) in [5.41, 5.74) is 1.15. The number of carbonyl (C=O) groups excluding carboxylic acids is 3. The van der Waals surface area contributed by atoms with Gasteiger partial charge >= 0.3 is 6.09 Å². The van der Waals surface area contributed by atoms with Gasteiger partial charge in [-0.25, -0.2) is 4.79 Å². The number of H-pyrrole nitrogens is 1. The second-order valence-corrected chi connectivity index (χ2v) is 13.7. The monoisotopic (exact) mass is 665 g/mol. The number of aromatic nitrogens is 2. The van der Waals surface area contributed by atoms with E-state index in [-0.39, 0.29) is 11.3 Å². The van der Waals surface area contributed by atoms with Crippen LogP contribution in [0.25, 0.3) is 22.3 Å². The van der Waals surface area contributed by atoms with E-state index in [1.165, 1.54) is 29.7 Å².